The van der Waals surface area contributed by atoms with Crippen LogP contribution in [0.2, 0.25) is 0 Å². The number of carbonyl (C=O) groups is 1. The van der Waals surface area contributed by atoms with E-state index in [0.29, 0.717) is 10.4 Å². The number of carbonyl (C=O) groups excluding carboxylic acids is 1. The van der Waals surface area contributed by atoms with Gasteiger partial charge < -0.3 is 15.8 Å². The lowest BCUT2D eigenvalue weighted by Crippen LogP contribution is -2.25. The smallest absolute Gasteiger partial charge is 0.269 e. The van der Waals surface area contributed by atoms with Crippen molar-refractivity contribution in [3.05, 3.63) is 45.9 Å². The first kappa shape index (κ1) is 14.0. The molecule has 2 rings (SSSR count). The molecule has 1 aromatic heterocycles. The number of amidine groups is 1. The number of nitrogens with zero attached hydrogens (tertiary/aromatic N) is 3. The number of hydrogen-bond acceptors (Lipinski definition) is 5. The molecular formula is C13H14N4O2S. The van der Waals surface area contributed by atoms with Crippen molar-refractivity contribution >= 4 is 28.8 Å². The number of hydrogen-bond donors (Lipinski definition) is 2. The summed E-state index contributed by atoms with van der Waals surface area (Å²) < 4.78 is 0. The number of anilines is 1. The number of aromatic nitrogens is 1. The van der Waals surface area contributed by atoms with E-state index < -0.39 is 0 Å². The first-order valence-corrected chi connectivity index (χ1v) is 6.63. The zero-order valence-electron chi connectivity index (χ0n) is 11.1. The fraction of sp³-hybridized carbons (Fsp3) is 0.154. The van der Waals surface area contributed by atoms with Gasteiger partial charge in [-0.25, -0.2) is 4.98 Å². The van der Waals surface area contributed by atoms with E-state index in [0.717, 1.165) is 10.7 Å². The Labute approximate surface area is 120 Å². The average molecular weight is 290 g/mol. The molecule has 1 aromatic carbocycles. The second-order valence-corrected chi connectivity index (χ2v) is 5.37. The Morgan fingerprint density at radius 1 is 1.40 bits per heavy atom. The average Bonchev–Trinajstić information content (AvgIpc) is 2.91. The highest BCUT2D eigenvalue weighted by molar-refractivity contribution is 7.13. The monoisotopic (exact) mass is 290 g/mol. The van der Waals surface area contributed by atoms with Crippen molar-refractivity contribution in [2.24, 2.45) is 10.9 Å². The van der Waals surface area contributed by atoms with Gasteiger partial charge in [0.25, 0.3) is 5.91 Å². The van der Waals surface area contributed by atoms with E-state index in [1.54, 1.807) is 37.5 Å². The summed E-state index contributed by atoms with van der Waals surface area (Å²) in [6.07, 6.45) is 1.57. The predicted octanol–water partition coefficient (Wildman–Crippen LogP) is 1.82. The van der Waals surface area contributed by atoms with Crippen LogP contribution in [0.3, 0.4) is 0 Å². The Kier molecular flexibility index (Phi) is 3.99. The molecule has 0 bridgehead atoms. The molecule has 0 aliphatic rings. The maximum Gasteiger partial charge on any atom is 0.269 e. The highest BCUT2D eigenvalue weighted by atomic mass is 32.1. The highest BCUT2D eigenvalue weighted by Crippen LogP contribution is 2.19. The Morgan fingerprint density at radius 2 is 2.05 bits per heavy atom. The SMILES string of the molecule is Cc1ncc(C(=O)N(C)c2ccc(/C(N)=N/O)cc2)s1. The number of oxime groups is 1. The standard InChI is InChI=1S/C13H14N4O2S/c1-8-15-7-11(20-8)13(18)17(2)10-5-3-9(4-6-10)12(14)16-19/h3-7,19H,1-2H3,(H2,14,16). The number of thiazole rings is 1. The lowest BCUT2D eigenvalue weighted by atomic mass is 10.2. The van der Waals surface area contributed by atoms with Crippen molar-refractivity contribution < 1.29 is 10.0 Å². The van der Waals surface area contributed by atoms with Crippen molar-refractivity contribution in [3.63, 3.8) is 0 Å². The van der Waals surface area contributed by atoms with Crippen LogP contribution in [-0.2, 0) is 0 Å². The van der Waals surface area contributed by atoms with Crippen LogP contribution in [0.25, 0.3) is 0 Å². The van der Waals surface area contributed by atoms with Crippen LogP contribution in [0.15, 0.2) is 35.6 Å². The van der Waals surface area contributed by atoms with Crippen LogP contribution in [0.5, 0.6) is 0 Å². The molecule has 0 saturated carbocycles. The molecule has 20 heavy (non-hydrogen) atoms. The van der Waals surface area contributed by atoms with Crippen molar-refractivity contribution in [2.75, 3.05) is 11.9 Å². The van der Waals surface area contributed by atoms with Crippen LogP contribution in [-0.4, -0.2) is 29.0 Å². The molecule has 2 aromatic rings. The zero-order valence-corrected chi connectivity index (χ0v) is 11.9. The van der Waals surface area contributed by atoms with Crippen LogP contribution in [0, 0.1) is 6.92 Å². The Balaban J connectivity index is 2.21. The summed E-state index contributed by atoms with van der Waals surface area (Å²) in [6.45, 7) is 1.85. The molecule has 0 unspecified atom stereocenters. The van der Waals surface area contributed by atoms with Crippen LogP contribution < -0.4 is 10.6 Å². The van der Waals surface area contributed by atoms with Gasteiger partial charge >= 0.3 is 0 Å². The second kappa shape index (κ2) is 5.70. The molecule has 0 aliphatic heterocycles. The maximum absolute atomic E-state index is 12.2. The van der Waals surface area contributed by atoms with Crippen LogP contribution in [0.1, 0.15) is 20.2 Å². The molecule has 0 radical (unpaired) electrons. The van der Waals surface area contributed by atoms with E-state index in [-0.39, 0.29) is 11.7 Å². The minimum absolute atomic E-state index is 0.0311. The lowest BCUT2D eigenvalue weighted by molar-refractivity contribution is 0.0996. The minimum atomic E-state index is -0.118. The summed E-state index contributed by atoms with van der Waals surface area (Å²) in [6, 6.07) is 6.84. The van der Waals surface area contributed by atoms with Gasteiger partial charge in [-0.1, -0.05) is 5.16 Å². The molecule has 0 atom stereocenters. The summed E-state index contributed by atoms with van der Waals surface area (Å²) in [7, 11) is 1.69. The number of amides is 1. The summed E-state index contributed by atoms with van der Waals surface area (Å²) in [5.74, 6) is -0.0873. The second-order valence-electron chi connectivity index (χ2n) is 4.14. The third-order valence-electron chi connectivity index (χ3n) is 2.79. The molecular weight excluding hydrogens is 276 g/mol. The van der Waals surface area contributed by atoms with Crippen molar-refractivity contribution in [1.29, 1.82) is 0 Å². The zero-order chi connectivity index (χ0) is 14.7. The van der Waals surface area contributed by atoms with Gasteiger partial charge in [-0.3, -0.25) is 4.79 Å². The number of benzene rings is 1. The molecule has 6 nitrogen and oxygen atoms in total. The lowest BCUT2D eigenvalue weighted by Gasteiger charge is -2.16. The third-order valence-corrected chi connectivity index (χ3v) is 3.70. The van der Waals surface area contributed by atoms with E-state index in [2.05, 4.69) is 10.1 Å². The molecule has 0 spiro atoms. The van der Waals surface area contributed by atoms with Gasteiger partial charge in [0.2, 0.25) is 0 Å². The minimum Gasteiger partial charge on any atom is -0.409 e. The van der Waals surface area contributed by atoms with Gasteiger partial charge in [-0.2, -0.15) is 0 Å². The number of rotatable bonds is 3. The fourth-order valence-electron chi connectivity index (χ4n) is 1.66. The predicted molar refractivity (Wildman–Crippen MR) is 78.5 cm³/mol. The largest absolute Gasteiger partial charge is 0.409 e. The molecule has 104 valence electrons. The van der Waals surface area contributed by atoms with E-state index in [1.807, 2.05) is 6.92 Å². The first-order valence-electron chi connectivity index (χ1n) is 5.81. The van der Waals surface area contributed by atoms with Crippen molar-refractivity contribution in [2.45, 2.75) is 6.92 Å². The fourth-order valence-corrected chi connectivity index (χ4v) is 2.41. The Hall–Kier alpha value is -2.41. The summed E-state index contributed by atoms with van der Waals surface area (Å²) in [5, 5.41) is 12.4. The van der Waals surface area contributed by atoms with Gasteiger partial charge in [-0.15, -0.1) is 11.3 Å². The molecule has 0 fully saturated rings. The first-order chi connectivity index (χ1) is 9.52. The van der Waals surface area contributed by atoms with Gasteiger partial charge in [0.05, 0.1) is 11.2 Å². The van der Waals surface area contributed by atoms with Gasteiger partial charge in [-0.05, 0) is 31.2 Å². The third kappa shape index (κ3) is 2.77. The topological polar surface area (TPSA) is 91.8 Å². The molecule has 0 aliphatic carbocycles. The number of nitrogens with two attached hydrogens (primary N) is 1. The Morgan fingerprint density at radius 3 is 2.55 bits per heavy atom. The van der Waals surface area contributed by atoms with Crippen LogP contribution >= 0.6 is 11.3 Å². The van der Waals surface area contributed by atoms with Gasteiger partial charge in [0.1, 0.15) is 4.88 Å². The van der Waals surface area contributed by atoms with E-state index in [4.69, 9.17) is 10.9 Å². The molecule has 0 saturated heterocycles. The van der Waals surface area contributed by atoms with Crippen LogP contribution in [0.4, 0.5) is 5.69 Å². The van der Waals surface area contributed by atoms with E-state index >= 15 is 0 Å². The van der Waals surface area contributed by atoms with Crippen molar-refractivity contribution in [1.82, 2.24) is 4.98 Å². The molecule has 1 amide bonds. The summed E-state index contributed by atoms with van der Waals surface area (Å²) in [5.41, 5.74) is 6.79. The maximum atomic E-state index is 12.2. The molecule has 3 N–H and O–H groups in total. The highest BCUT2D eigenvalue weighted by Gasteiger charge is 2.16. The van der Waals surface area contributed by atoms with E-state index in [1.165, 1.54) is 16.2 Å². The van der Waals surface area contributed by atoms with E-state index in [9.17, 15) is 4.79 Å². The number of aryl methyl sites for hydroxylation is 1. The summed E-state index contributed by atoms with van der Waals surface area (Å²) >= 11 is 1.36. The molecule has 1 heterocycles. The normalized spacial score (nSPS) is 11.4. The Bertz CT molecular complexity index is 649. The molecule has 7 heteroatoms. The summed E-state index contributed by atoms with van der Waals surface area (Å²) in [4.78, 5) is 18.4. The van der Waals surface area contributed by atoms with Gasteiger partial charge in [0, 0.05) is 18.3 Å². The quantitative estimate of drug-likeness (QED) is 0.390. The van der Waals surface area contributed by atoms with Crippen molar-refractivity contribution in [3.8, 4) is 0 Å². The van der Waals surface area contributed by atoms with Gasteiger partial charge in [0.15, 0.2) is 5.84 Å².